The van der Waals surface area contributed by atoms with Crippen LogP contribution in [-0.2, 0) is 4.79 Å². The maximum atomic E-state index is 12.1. The number of aliphatic imine (C=N–C) groups is 1. The maximum absolute atomic E-state index is 12.1. The lowest BCUT2D eigenvalue weighted by Gasteiger charge is -2.21. The Hall–Kier alpha value is -0.530. The number of carbonyl (C=O) groups is 1. The zero-order valence-corrected chi connectivity index (χ0v) is 17.6. The molecular weight excluding hydrogens is 415 g/mol. The Bertz CT molecular complexity index is 472. The molecule has 138 valence electrons. The van der Waals surface area contributed by atoms with Crippen LogP contribution in [-0.4, -0.2) is 49.0 Å². The van der Waals surface area contributed by atoms with Crippen LogP contribution in [0.2, 0.25) is 0 Å². The molecule has 2 N–H and O–H groups in total. The van der Waals surface area contributed by atoms with Crippen molar-refractivity contribution in [3.63, 3.8) is 0 Å². The number of amides is 1. The van der Waals surface area contributed by atoms with Crippen molar-refractivity contribution in [3.05, 3.63) is 0 Å². The second-order valence-corrected chi connectivity index (χ2v) is 7.90. The lowest BCUT2D eigenvalue weighted by atomic mass is 10.0. The quantitative estimate of drug-likeness (QED) is 0.373. The van der Waals surface area contributed by atoms with Gasteiger partial charge in [-0.2, -0.15) is 0 Å². The Kier molecular flexibility index (Phi) is 6.79. The van der Waals surface area contributed by atoms with Crippen molar-refractivity contribution in [3.8, 4) is 0 Å². The first kappa shape index (κ1) is 19.8. The normalized spacial score (nSPS) is 25.4. The van der Waals surface area contributed by atoms with Crippen LogP contribution < -0.4 is 10.6 Å². The molecule has 6 heteroatoms. The highest BCUT2D eigenvalue weighted by Crippen LogP contribution is 2.61. The molecule has 0 aromatic rings. The largest absolute Gasteiger partial charge is 0.357 e. The van der Waals surface area contributed by atoms with Crippen LogP contribution in [0, 0.1) is 17.3 Å². The molecule has 0 radical (unpaired) electrons. The van der Waals surface area contributed by atoms with Gasteiger partial charge in [-0.3, -0.25) is 9.79 Å². The van der Waals surface area contributed by atoms with E-state index >= 15 is 0 Å². The average molecular weight is 448 g/mol. The molecule has 1 unspecified atom stereocenters. The van der Waals surface area contributed by atoms with Gasteiger partial charge in [-0.05, 0) is 50.4 Å². The lowest BCUT2D eigenvalue weighted by Crippen LogP contribution is -2.45. The van der Waals surface area contributed by atoms with Crippen molar-refractivity contribution in [2.45, 2.75) is 58.9 Å². The van der Waals surface area contributed by atoms with Gasteiger partial charge in [0, 0.05) is 38.1 Å². The Morgan fingerprint density at radius 3 is 2.54 bits per heavy atom. The van der Waals surface area contributed by atoms with E-state index in [4.69, 9.17) is 4.99 Å². The number of likely N-dealkylation sites (tertiary alicyclic amines) is 1. The molecule has 5 nitrogen and oxygen atoms in total. The van der Waals surface area contributed by atoms with E-state index in [9.17, 15) is 4.79 Å². The molecule has 1 amide bonds. The molecule has 3 fully saturated rings. The second kappa shape index (κ2) is 8.23. The van der Waals surface area contributed by atoms with Gasteiger partial charge in [-0.25, -0.2) is 0 Å². The third-order valence-electron chi connectivity index (χ3n) is 5.57. The lowest BCUT2D eigenvalue weighted by molar-refractivity contribution is -0.133. The number of carbonyl (C=O) groups excluding carboxylic acids is 1. The zero-order valence-electron chi connectivity index (χ0n) is 15.3. The Morgan fingerprint density at radius 1 is 1.29 bits per heavy atom. The summed E-state index contributed by atoms with van der Waals surface area (Å²) in [5, 5.41) is 6.92. The van der Waals surface area contributed by atoms with E-state index < -0.39 is 0 Å². The predicted molar refractivity (Wildman–Crippen MR) is 109 cm³/mol. The van der Waals surface area contributed by atoms with Crippen molar-refractivity contribution < 1.29 is 4.79 Å². The van der Waals surface area contributed by atoms with Crippen molar-refractivity contribution in [2.24, 2.45) is 22.2 Å². The van der Waals surface area contributed by atoms with Crippen LogP contribution in [0.5, 0.6) is 0 Å². The van der Waals surface area contributed by atoms with E-state index in [0.29, 0.717) is 11.5 Å². The molecule has 3 aliphatic rings. The smallest absolute Gasteiger partial charge is 0.225 e. The summed E-state index contributed by atoms with van der Waals surface area (Å²) in [4.78, 5) is 19.0. The summed E-state index contributed by atoms with van der Waals surface area (Å²) in [6.45, 7) is 9.56. The van der Waals surface area contributed by atoms with E-state index in [1.165, 1.54) is 25.7 Å². The molecular formula is C18H33IN4O. The van der Waals surface area contributed by atoms with Gasteiger partial charge >= 0.3 is 0 Å². The van der Waals surface area contributed by atoms with Crippen LogP contribution in [0.4, 0.5) is 0 Å². The average Bonchev–Trinajstić information content (AvgIpc) is 3.42. The summed E-state index contributed by atoms with van der Waals surface area (Å²) in [7, 11) is 0. The van der Waals surface area contributed by atoms with Gasteiger partial charge in [0.2, 0.25) is 5.91 Å². The molecule has 0 bridgehead atoms. The van der Waals surface area contributed by atoms with E-state index in [2.05, 4.69) is 17.6 Å². The summed E-state index contributed by atoms with van der Waals surface area (Å²) in [5.74, 6) is 2.23. The fourth-order valence-corrected chi connectivity index (χ4v) is 3.75. The van der Waals surface area contributed by atoms with Crippen LogP contribution in [0.1, 0.15) is 52.9 Å². The fourth-order valence-electron chi connectivity index (χ4n) is 3.75. The molecule has 1 atom stereocenters. The van der Waals surface area contributed by atoms with Gasteiger partial charge in [0.1, 0.15) is 0 Å². The van der Waals surface area contributed by atoms with Gasteiger partial charge in [-0.1, -0.05) is 13.8 Å². The highest BCUT2D eigenvalue weighted by molar-refractivity contribution is 14.0. The molecule has 2 aliphatic carbocycles. The Morgan fingerprint density at radius 2 is 2.00 bits per heavy atom. The minimum atomic E-state index is 0. The first-order valence-corrected chi connectivity index (χ1v) is 9.38. The van der Waals surface area contributed by atoms with Gasteiger partial charge in [0.15, 0.2) is 5.96 Å². The van der Waals surface area contributed by atoms with Crippen molar-refractivity contribution in [1.29, 1.82) is 0 Å². The Labute approximate surface area is 163 Å². The van der Waals surface area contributed by atoms with Gasteiger partial charge in [0.05, 0.1) is 0 Å². The molecule has 1 heterocycles. The standard InChI is InChI=1S/C18H32N4O.HI/c1-4-19-17(20-12-18(8-9-18)14-5-6-14)21-15-7-10-22(11-15)16(23)13(2)3;/h13-15H,4-12H2,1-3H3,(H2,19,20,21);1H. The molecule has 0 aromatic heterocycles. The number of rotatable bonds is 6. The minimum Gasteiger partial charge on any atom is -0.357 e. The zero-order chi connectivity index (χ0) is 16.4. The van der Waals surface area contributed by atoms with E-state index in [1.807, 2.05) is 18.7 Å². The molecule has 1 aliphatic heterocycles. The third kappa shape index (κ3) is 4.76. The fraction of sp³-hybridized carbons (Fsp3) is 0.889. The van der Waals surface area contributed by atoms with Gasteiger partial charge in [0.25, 0.3) is 0 Å². The number of halogens is 1. The number of hydrogen-bond donors (Lipinski definition) is 2. The molecule has 1 saturated heterocycles. The Balaban J connectivity index is 0.00000208. The van der Waals surface area contributed by atoms with Gasteiger partial charge < -0.3 is 15.5 Å². The highest BCUT2D eigenvalue weighted by Gasteiger charge is 2.53. The highest BCUT2D eigenvalue weighted by atomic mass is 127. The molecule has 2 saturated carbocycles. The van der Waals surface area contributed by atoms with Crippen molar-refractivity contribution >= 4 is 35.8 Å². The summed E-state index contributed by atoms with van der Waals surface area (Å²) in [6, 6.07) is 0.326. The topological polar surface area (TPSA) is 56.7 Å². The van der Waals surface area contributed by atoms with Crippen LogP contribution >= 0.6 is 24.0 Å². The maximum Gasteiger partial charge on any atom is 0.225 e. The van der Waals surface area contributed by atoms with Crippen LogP contribution in [0.3, 0.4) is 0 Å². The molecule has 0 aromatic carbocycles. The molecule has 3 rings (SSSR count). The monoisotopic (exact) mass is 448 g/mol. The van der Waals surface area contributed by atoms with Crippen molar-refractivity contribution in [2.75, 3.05) is 26.2 Å². The summed E-state index contributed by atoms with van der Waals surface area (Å²) in [5.41, 5.74) is 0.539. The van der Waals surface area contributed by atoms with Crippen LogP contribution in [0.15, 0.2) is 4.99 Å². The number of nitrogens with one attached hydrogen (secondary N) is 2. The van der Waals surface area contributed by atoms with Crippen LogP contribution in [0.25, 0.3) is 0 Å². The minimum absolute atomic E-state index is 0. The van der Waals surface area contributed by atoms with Gasteiger partial charge in [-0.15, -0.1) is 24.0 Å². The second-order valence-electron chi connectivity index (χ2n) is 7.90. The van der Waals surface area contributed by atoms with Crippen molar-refractivity contribution in [1.82, 2.24) is 15.5 Å². The van der Waals surface area contributed by atoms with E-state index in [-0.39, 0.29) is 35.8 Å². The molecule has 24 heavy (non-hydrogen) atoms. The molecule has 0 spiro atoms. The first-order chi connectivity index (χ1) is 11.0. The predicted octanol–water partition coefficient (Wildman–Crippen LogP) is 2.61. The summed E-state index contributed by atoms with van der Waals surface area (Å²) in [6.07, 6.45) is 6.56. The number of guanidine groups is 1. The van der Waals surface area contributed by atoms with E-state index in [1.54, 1.807) is 0 Å². The first-order valence-electron chi connectivity index (χ1n) is 9.38. The number of nitrogens with zero attached hydrogens (tertiary/aromatic N) is 2. The summed E-state index contributed by atoms with van der Waals surface area (Å²) < 4.78 is 0. The number of hydrogen-bond acceptors (Lipinski definition) is 2. The third-order valence-corrected chi connectivity index (χ3v) is 5.57. The SMILES string of the molecule is CCNC(=NCC1(C2CC2)CC1)NC1CCN(C(=O)C(C)C)C1.I. The summed E-state index contributed by atoms with van der Waals surface area (Å²) >= 11 is 0. The van der Waals surface area contributed by atoms with E-state index in [0.717, 1.165) is 44.5 Å².